The minimum absolute atomic E-state index is 0.257. The van der Waals surface area contributed by atoms with Crippen LogP contribution < -0.4 is 11.1 Å². The Balaban J connectivity index is 2.25. The number of nitrogens with one attached hydrogen (secondary N) is 2. The van der Waals surface area contributed by atoms with Gasteiger partial charge in [-0.25, -0.2) is 0 Å². The van der Waals surface area contributed by atoms with E-state index >= 15 is 0 Å². The summed E-state index contributed by atoms with van der Waals surface area (Å²) in [6.45, 7) is 0. The molecule has 0 saturated heterocycles. The van der Waals surface area contributed by atoms with E-state index in [2.05, 4.69) is 5.32 Å². The molecular weight excluding hydrogens is 250 g/mol. The monoisotopic (exact) mass is 267 g/mol. The SMILES string of the molecule is N=C(N)NC(=O)[C@@H](Cc1ccccc1)c1ccccc1. The third-order valence-electron chi connectivity index (χ3n) is 3.06. The highest BCUT2D eigenvalue weighted by Gasteiger charge is 2.21. The Morgan fingerprint density at radius 2 is 1.60 bits per heavy atom. The number of hydrogen-bond acceptors (Lipinski definition) is 2. The summed E-state index contributed by atoms with van der Waals surface area (Å²) in [7, 11) is 0. The third kappa shape index (κ3) is 3.68. The van der Waals surface area contributed by atoms with Gasteiger partial charge in [0, 0.05) is 0 Å². The second-order valence-corrected chi connectivity index (χ2v) is 4.56. The number of carbonyl (C=O) groups excluding carboxylic acids is 1. The lowest BCUT2D eigenvalue weighted by Crippen LogP contribution is -2.39. The Morgan fingerprint density at radius 1 is 1.05 bits per heavy atom. The van der Waals surface area contributed by atoms with E-state index in [9.17, 15) is 4.79 Å². The van der Waals surface area contributed by atoms with Crippen LogP contribution in [-0.2, 0) is 11.2 Å². The van der Waals surface area contributed by atoms with Gasteiger partial charge in [-0.05, 0) is 17.5 Å². The smallest absolute Gasteiger partial charge is 0.234 e. The molecule has 2 aromatic rings. The van der Waals surface area contributed by atoms with Gasteiger partial charge in [-0.3, -0.25) is 15.5 Å². The maximum absolute atomic E-state index is 12.2. The molecule has 1 amide bonds. The van der Waals surface area contributed by atoms with Crippen LogP contribution in [0.1, 0.15) is 17.0 Å². The predicted molar refractivity (Wildman–Crippen MR) is 79.4 cm³/mol. The van der Waals surface area contributed by atoms with Crippen LogP contribution in [0.25, 0.3) is 0 Å². The van der Waals surface area contributed by atoms with Gasteiger partial charge in [0.25, 0.3) is 0 Å². The standard InChI is InChI=1S/C16H17N3O/c17-16(18)19-15(20)14(13-9-5-2-6-10-13)11-12-7-3-1-4-8-12/h1-10,14H,11H2,(H4,17,18,19,20)/t14-/m0/s1. The van der Waals surface area contributed by atoms with E-state index < -0.39 is 0 Å². The zero-order chi connectivity index (χ0) is 14.4. The summed E-state index contributed by atoms with van der Waals surface area (Å²) in [6.07, 6.45) is 0.573. The number of carbonyl (C=O) groups is 1. The van der Waals surface area contributed by atoms with Crippen molar-refractivity contribution in [3.8, 4) is 0 Å². The lowest BCUT2D eigenvalue weighted by molar-refractivity contribution is -0.121. The summed E-state index contributed by atoms with van der Waals surface area (Å²) in [5, 5.41) is 9.59. The molecule has 0 unspecified atom stereocenters. The first kappa shape index (κ1) is 13.8. The zero-order valence-electron chi connectivity index (χ0n) is 11.0. The molecule has 0 aliphatic rings. The number of benzene rings is 2. The van der Waals surface area contributed by atoms with Crippen LogP contribution in [0.4, 0.5) is 0 Å². The van der Waals surface area contributed by atoms with Crippen molar-refractivity contribution in [3.05, 3.63) is 71.8 Å². The minimum Gasteiger partial charge on any atom is -0.370 e. The molecule has 20 heavy (non-hydrogen) atoms. The molecule has 102 valence electrons. The molecule has 4 nitrogen and oxygen atoms in total. The van der Waals surface area contributed by atoms with Crippen LogP contribution in [0.15, 0.2) is 60.7 Å². The molecule has 0 aliphatic heterocycles. The van der Waals surface area contributed by atoms with Gasteiger partial charge in [-0.2, -0.15) is 0 Å². The van der Waals surface area contributed by atoms with E-state index in [0.717, 1.165) is 11.1 Å². The second-order valence-electron chi connectivity index (χ2n) is 4.56. The molecule has 0 aliphatic carbocycles. The number of amides is 1. The highest BCUT2D eigenvalue weighted by molar-refractivity contribution is 5.98. The normalized spacial score (nSPS) is 11.6. The maximum atomic E-state index is 12.2. The molecular formula is C16H17N3O. The first-order valence-electron chi connectivity index (χ1n) is 6.40. The van der Waals surface area contributed by atoms with Gasteiger partial charge in [0.2, 0.25) is 5.91 Å². The fourth-order valence-corrected chi connectivity index (χ4v) is 2.12. The van der Waals surface area contributed by atoms with Gasteiger partial charge >= 0.3 is 0 Å². The summed E-state index contributed by atoms with van der Waals surface area (Å²) in [5.74, 6) is -0.945. The van der Waals surface area contributed by atoms with Gasteiger partial charge in [-0.1, -0.05) is 60.7 Å². The Labute approximate surface area is 118 Å². The Bertz CT molecular complexity index is 581. The molecule has 0 bridgehead atoms. The fourth-order valence-electron chi connectivity index (χ4n) is 2.12. The highest BCUT2D eigenvalue weighted by atomic mass is 16.2. The van der Waals surface area contributed by atoms with Crippen molar-refractivity contribution in [2.45, 2.75) is 12.3 Å². The fraction of sp³-hybridized carbons (Fsp3) is 0.125. The molecule has 2 aromatic carbocycles. The quantitative estimate of drug-likeness (QED) is 0.585. The van der Waals surface area contributed by atoms with E-state index in [-0.39, 0.29) is 17.8 Å². The van der Waals surface area contributed by atoms with Crippen molar-refractivity contribution < 1.29 is 4.79 Å². The largest absolute Gasteiger partial charge is 0.370 e. The Hall–Kier alpha value is -2.62. The van der Waals surface area contributed by atoms with Crippen molar-refractivity contribution in [2.24, 2.45) is 5.73 Å². The Kier molecular flexibility index (Phi) is 4.50. The number of rotatable bonds is 4. The predicted octanol–water partition coefficient (Wildman–Crippen LogP) is 2.02. The molecule has 0 heterocycles. The minimum atomic E-state index is -0.359. The summed E-state index contributed by atoms with van der Waals surface area (Å²) in [6, 6.07) is 19.3. The number of guanidine groups is 1. The van der Waals surface area contributed by atoms with E-state index in [1.807, 2.05) is 60.7 Å². The van der Waals surface area contributed by atoms with Crippen LogP contribution >= 0.6 is 0 Å². The van der Waals surface area contributed by atoms with Crippen molar-refractivity contribution in [3.63, 3.8) is 0 Å². The topological polar surface area (TPSA) is 79.0 Å². The molecule has 4 heteroatoms. The summed E-state index contributed by atoms with van der Waals surface area (Å²) >= 11 is 0. The molecule has 0 spiro atoms. The Morgan fingerprint density at radius 3 is 2.15 bits per heavy atom. The van der Waals surface area contributed by atoms with Gasteiger partial charge in [-0.15, -0.1) is 0 Å². The van der Waals surface area contributed by atoms with Gasteiger partial charge < -0.3 is 5.73 Å². The van der Waals surface area contributed by atoms with Gasteiger partial charge in [0.05, 0.1) is 5.92 Å². The molecule has 1 atom stereocenters. The number of hydrogen-bond donors (Lipinski definition) is 3. The van der Waals surface area contributed by atoms with Gasteiger partial charge in [0.1, 0.15) is 0 Å². The van der Waals surface area contributed by atoms with E-state index in [1.54, 1.807) is 0 Å². The third-order valence-corrected chi connectivity index (χ3v) is 3.06. The summed E-state index contributed by atoms with van der Waals surface area (Å²) < 4.78 is 0. The lowest BCUT2D eigenvalue weighted by atomic mass is 9.91. The first-order chi connectivity index (χ1) is 9.66. The lowest BCUT2D eigenvalue weighted by Gasteiger charge is -2.16. The maximum Gasteiger partial charge on any atom is 0.234 e. The first-order valence-corrected chi connectivity index (χ1v) is 6.40. The molecule has 0 saturated carbocycles. The average Bonchev–Trinajstić information content (AvgIpc) is 2.46. The average molecular weight is 267 g/mol. The summed E-state index contributed by atoms with van der Waals surface area (Å²) in [5.41, 5.74) is 7.24. The molecule has 0 aromatic heterocycles. The van der Waals surface area contributed by atoms with Crippen LogP contribution in [0, 0.1) is 5.41 Å². The molecule has 0 radical (unpaired) electrons. The van der Waals surface area contributed by atoms with Gasteiger partial charge in [0.15, 0.2) is 5.96 Å². The zero-order valence-corrected chi connectivity index (χ0v) is 11.0. The number of nitrogens with two attached hydrogens (primary N) is 1. The van der Waals surface area contributed by atoms with Crippen molar-refractivity contribution in [1.29, 1.82) is 5.41 Å². The van der Waals surface area contributed by atoms with Crippen LogP contribution in [0.2, 0.25) is 0 Å². The second kappa shape index (κ2) is 6.52. The molecule has 0 fully saturated rings. The van der Waals surface area contributed by atoms with Crippen LogP contribution in [0.3, 0.4) is 0 Å². The van der Waals surface area contributed by atoms with E-state index in [0.29, 0.717) is 6.42 Å². The van der Waals surface area contributed by atoms with Crippen LogP contribution in [0.5, 0.6) is 0 Å². The molecule has 2 rings (SSSR count). The van der Waals surface area contributed by atoms with E-state index in [1.165, 1.54) is 0 Å². The van der Waals surface area contributed by atoms with Crippen molar-refractivity contribution in [1.82, 2.24) is 5.32 Å². The highest BCUT2D eigenvalue weighted by Crippen LogP contribution is 2.21. The molecule has 4 N–H and O–H groups in total. The van der Waals surface area contributed by atoms with E-state index in [4.69, 9.17) is 11.1 Å². The van der Waals surface area contributed by atoms with Crippen LogP contribution in [-0.4, -0.2) is 11.9 Å². The summed E-state index contributed by atoms with van der Waals surface area (Å²) in [4.78, 5) is 12.2. The van der Waals surface area contributed by atoms with Crippen molar-refractivity contribution >= 4 is 11.9 Å². The van der Waals surface area contributed by atoms with Crippen molar-refractivity contribution in [2.75, 3.05) is 0 Å².